The van der Waals surface area contributed by atoms with Crippen LogP contribution >= 0.6 is 0 Å². The summed E-state index contributed by atoms with van der Waals surface area (Å²) in [7, 11) is 1.49. The zero-order valence-corrected chi connectivity index (χ0v) is 13.3. The average Bonchev–Trinajstić information content (AvgIpc) is 2.60. The second-order valence-electron chi connectivity index (χ2n) is 4.35. The van der Waals surface area contributed by atoms with Gasteiger partial charge in [0.15, 0.2) is 6.73 Å². The van der Waals surface area contributed by atoms with Gasteiger partial charge in [-0.2, -0.15) is 5.26 Å². The van der Waals surface area contributed by atoms with Gasteiger partial charge in [-0.3, -0.25) is 4.79 Å². The first-order valence-electron chi connectivity index (χ1n) is 7.03. The number of nitrogens with one attached hydrogen (secondary N) is 1. The van der Waals surface area contributed by atoms with Gasteiger partial charge in [0.25, 0.3) is 0 Å². The molecule has 0 aliphatic rings. The maximum Gasteiger partial charge on any atom is 0.330 e. The molecular formula is C17H18N2O5. The fourth-order valence-electron chi connectivity index (χ4n) is 1.58. The van der Waals surface area contributed by atoms with Gasteiger partial charge < -0.3 is 19.5 Å². The lowest BCUT2D eigenvalue weighted by atomic mass is 10.2. The molecule has 0 aliphatic heterocycles. The van der Waals surface area contributed by atoms with Gasteiger partial charge in [0.2, 0.25) is 5.91 Å². The number of carbonyl (C=O) groups excluding carboxylic acids is 2. The van der Waals surface area contributed by atoms with Gasteiger partial charge in [0.05, 0.1) is 19.6 Å². The first kappa shape index (κ1) is 18.8. The highest BCUT2D eigenvalue weighted by molar-refractivity contribution is 5.87. The Morgan fingerprint density at radius 3 is 2.88 bits per heavy atom. The molecule has 0 unspecified atom stereocenters. The maximum absolute atomic E-state index is 11.5. The van der Waals surface area contributed by atoms with E-state index in [2.05, 4.69) is 11.9 Å². The predicted octanol–water partition coefficient (Wildman–Crippen LogP) is 1.80. The van der Waals surface area contributed by atoms with Gasteiger partial charge in [-0.25, -0.2) is 4.79 Å². The van der Waals surface area contributed by atoms with E-state index in [9.17, 15) is 9.59 Å². The molecule has 0 saturated heterocycles. The number of ether oxygens (including phenoxy) is 3. The molecule has 0 atom stereocenters. The van der Waals surface area contributed by atoms with Crippen LogP contribution in [0.3, 0.4) is 0 Å². The summed E-state index contributed by atoms with van der Waals surface area (Å²) in [6.07, 6.45) is 4.09. The number of rotatable bonds is 9. The second kappa shape index (κ2) is 10.5. The number of methoxy groups -OCH3 is 1. The predicted molar refractivity (Wildman–Crippen MR) is 87.1 cm³/mol. The quantitative estimate of drug-likeness (QED) is 0.321. The summed E-state index contributed by atoms with van der Waals surface area (Å²) >= 11 is 0. The molecule has 1 aromatic rings. The van der Waals surface area contributed by atoms with Crippen molar-refractivity contribution in [3.63, 3.8) is 0 Å². The summed E-state index contributed by atoms with van der Waals surface area (Å²) in [5.41, 5.74) is 0.650. The Morgan fingerprint density at radius 1 is 1.42 bits per heavy atom. The molecule has 7 heteroatoms. The van der Waals surface area contributed by atoms with Crippen LogP contribution in [0.15, 0.2) is 36.9 Å². The van der Waals surface area contributed by atoms with E-state index in [1.165, 1.54) is 19.3 Å². The first-order valence-corrected chi connectivity index (χ1v) is 7.03. The van der Waals surface area contributed by atoms with Crippen molar-refractivity contribution in [3.8, 4) is 17.6 Å². The van der Waals surface area contributed by atoms with Crippen molar-refractivity contribution >= 4 is 18.0 Å². The van der Waals surface area contributed by atoms with E-state index in [1.807, 2.05) is 6.07 Å². The lowest BCUT2D eigenvalue weighted by molar-refractivity contribution is -0.137. The van der Waals surface area contributed by atoms with Crippen LogP contribution in [-0.4, -0.2) is 32.3 Å². The van der Waals surface area contributed by atoms with E-state index in [-0.39, 0.29) is 25.7 Å². The van der Waals surface area contributed by atoms with E-state index in [0.29, 0.717) is 17.1 Å². The molecule has 1 rings (SSSR count). The van der Waals surface area contributed by atoms with E-state index in [0.717, 1.165) is 6.08 Å². The maximum atomic E-state index is 11.5. The molecule has 0 radical (unpaired) electrons. The summed E-state index contributed by atoms with van der Waals surface area (Å²) in [6.45, 7) is 3.38. The molecule has 1 amide bonds. The molecule has 1 aromatic carbocycles. The molecule has 0 saturated carbocycles. The summed E-state index contributed by atoms with van der Waals surface area (Å²) in [6, 6.07) is 6.87. The summed E-state index contributed by atoms with van der Waals surface area (Å²) < 4.78 is 15.4. The Morgan fingerprint density at radius 2 is 2.21 bits per heavy atom. The smallest absolute Gasteiger partial charge is 0.330 e. The zero-order valence-electron chi connectivity index (χ0n) is 13.3. The molecule has 7 nitrogen and oxygen atoms in total. The van der Waals surface area contributed by atoms with Gasteiger partial charge >= 0.3 is 5.97 Å². The Labute approximate surface area is 140 Å². The standard InChI is InChI=1S/C17H18N2O5/c1-3-16(20)19-12-24-14-7-5-13(15(11-14)22-2)6-8-17(21)23-10-4-9-18/h3,5-8,11H,1,4,10,12H2,2H3,(H,19,20)/b8-6+. The van der Waals surface area contributed by atoms with Gasteiger partial charge in [-0.1, -0.05) is 6.58 Å². The molecule has 0 heterocycles. The van der Waals surface area contributed by atoms with Crippen LogP contribution in [0, 0.1) is 11.3 Å². The largest absolute Gasteiger partial charge is 0.496 e. The lowest BCUT2D eigenvalue weighted by Gasteiger charge is -2.10. The third-order valence-electron chi connectivity index (χ3n) is 2.73. The third kappa shape index (κ3) is 6.66. The Bertz CT molecular complexity index is 661. The van der Waals surface area contributed by atoms with Crippen LogP contribution in [0.2, 0.25) is 0 Å². The monoisotopic (exact) mass is 330 g/mol. The third-order valence-corrected chi connectivity index (χ3v) is 2.73. The van der Waals surface area contributed by atoms with Crippen LogP contribution in [0.25, 0.3) is 6.08 Å². The van der Waals surface area contributed by atoms with Crippen LogP contribution in [-0.2, 0) is 14.3 Å². The van der Waals surface area contributed by atoms with Crippen molar-refractivity contribution in [2.75, 3.05) is 20.4 Å². The topological polar surface area (TPSA) is 97.6 Å². The van der Waals surface area contributed by atoms with Crippen LogP contribution in [0.1, 0.15) is 12.0 Å². The zero-order chi connectivity index (χ0) is 17.8. The molecule has 24 heavy (non-hydrogen) atoms. The highest BCUT2D eigenvalue weighted by Crippen LogP contribution is 2.25. The van der Waals surface area contributed by atoms with E-state index in [4.69, 9.17) is 19.5 Å². The highest BCUT2D eigenvalue weighted by atomic mass is 16.5. The number of nitriles is 1. The number of hydrogen-bond acceptors (Lipinski definition) is 6. The SMILES string of the molecule is C=CC(=O)NCOc1ccc(/C=C/C(=O)OCCC#N)c(OC)c1. The summed E-state index contributed by atoms with van der Waals surface area (Å²) in [5.74, 6) is 0.102. The molecule has 0 bridgehead atoms. The number of hydrogen-bond donors (Lipinski definition) is 1. The molecule has 0 aromatic heterocycles. The van der Waals surface area contributed by atoms with Crippen molar-refractivity contribution in [1.82, 2.24) is 5.32 Å². The Balaban J connectivity index is 2.66. The number of benzene rings is 1. The second-order valence-corrected chi connectivity index (χ2v) is 4.35. The minimum atomic E-state index is -0.542. The van der Waals surface area contributed by atoms with Crippen molar-refractivity contribution in [1.29, 1.82) is 5.26 Å². The number of nitrogens with zero attached hydrogens (tertiary/aromatic N) is 1. The molecule has 0 spiro atoms. The highest BCUT2D eigenvalue weighted by Gasteiger charge is 2.05. The molecule has 0 fully saturated rings. The van der Waals surface area contributed by atoms with Gasteiger partial charge in [-0.15, -0.1) is 0 Å². The van der Waals surface area contributed by atoms with Crippen molar-refractivity contribution in [3.05, 3.63) is 42.5 Å². The van der Waals surface area contributed by atoms with Crippen molar-refractivity contribution < 1.29 is 23.8 Å². The number of amides is 1. The summed E-state index contributed by atoms with van der Waals surface area (Å²) in [4.78, 5) is 22.5. The Hall–Kier alpha value is -3.27. The van der Waals surface area contributed by atoms with Crippen LogP contribution in [0.4, 0.5) is 0 Å². The van der Waals surface area contributed by atoms with Crippen LogP contribution < -0.4 is 14.8 Å². The van der Waals surface area contributed by atoms with Crippen LogP contribution in [0.5, 0.6) is 11.5 Å². The van der Waals surface area contributed by atoms with Gasteiger partial charge in [0, 0.05) is 17.7 Å². The summed E-state index contributed by atoms with van der Waals surface area (Å²) in [5, 5.41) is 10.9. The Kier molecular flexibility index (Phi) is 8.18. The normalized spacial score (nSPS) is 9.83. The van der Waals surface area contributed by atoms with Crippen molar-refractivity contribution in [2.45, 2.75) is 6.42 Å². The van der Waals surface area contributed by atoms with E-state index in [1.54, 1.807) is 18.2 Å². The van der Waals surface area contributed by atoms with E-state index < -0.39 is 5.97 Å². The van der Waals surface area contributed by atoms with Gasteiger partial charge in [0.1, 0.15) is 18.1 Å². The number of carbonyl (C=O) groups is 2. The van der Waals surface area contributed by atoms with Crippen molar-refractivity contribution in [2.24, 2.45) is 0 Å². The molecule has 0 aliphatic carbocycles. The lowest BCUT2D eigenvalue weighted by Crippen LogP contribution is -2.25. The number of esters is 1. The average molecular weight is 330 g/mol. The fraction of sp³-hybridized carbons (Fsp3) is 0.235. The fourth-order valence-corrected chi connectivity index (χ4v) is 1.58. The molecule has 1 N–H and O–H groups in total. The van der Waals surface area contributed by atoms with E-state index >= 15 is 0 Å². The van der Waals surface area contributed by atoms with Gasteiger partial charge in [-0.05, 0) is 24.3 Å². The molecular weight excluding hydrogens is 312 g/mol. The molecule has 126 valence electrons. The first-order chi connectivity index (χ1) is 11.6. The minimum Gasteiger partial charge on any atom is -0.496 e. The minimum absolute atomic E-state index is 0.00554.